The number of benzene rings is 3. The Labute approximate surface area is 240 Å². The zero-order valence-corrected chi connectivity index (χ0v) is 24.2. The Morgan fingerprint density at radius 2 is 1.93 bits per heavy atom. The molecule has 208 valence electrons. The molecule has 0 saturated carbocycles. The molecule has 0 bridgehead atoms. The van der Waals surface area contributed by atoms with Crippen LogP contribution in [0.1, 0.15) is 43.1 Å². The Kier molecular flexibility index (Phi) is 8.24. The first-order chi connectivity index (χ1) is 19.3. The van der Waals surface area contributed by atoms with Gasteiger partial charge in [-0.1, -0.05) is 54.9 Å². The Hall–Kier alpha value is -3.68. The lowest BCUT2D eigenvalue weighted by Gasteiger charge is -2.32. The number of rotatable bonds is 9. The van der Waals surface area contributed by atoms with Crippen molar-refractivity contribution in [1.29, 1.82) is 0 Å². The molecule has 2 unspecified atom stereocenters. The van der Waals surface area contributed by atoms with Gasteiger partial charge in [0.1, 0.15) is 12.4 Å². The van der Waals surface area contributed by atoms with Crippen LogP contribution in [-0.2, 0) is 27.3 Å². The van der Waals surface area contributed by atoms with Crippen molar-refractivity contribution >= 4 is 45.8 Å². The van der Waals surface area contributed by atoms with E-state index in [9.17, 15) is 9.59 Å². The van der Waals surface area contributed by atoms with Crippen molar-refractivity contribution in [2.75, 3.05) is 30.1 Å². The first-order valence-corrected chi connectivity index (χ1v) is 14.1. The number of carbonyl (C=O) groups is 2. The number of anilines is 2. The van der Waals surface area contributed by atoms with Crippen LogP contribution < -0.4 is 9.80 Å². The average Bonchev–Trinajstić information content (AvgIpc) is 3.50. The predicted octanol–water partition coefficient (Wildman–Crippen LogP) is 6.15. The SMILES string of the molecule is CCc1cccc(C)c1N(C(=O)Cn1c(C2CC(=O)N(c3cccc(Cl)c3)C2)nc2ccccc21)C(C)COC. The summed E-state index contributed by atoms with van der Waals surface area (Å²) in [7, 11) is 1.65. The minimum absolute atomic E-state index is 0.0139. The topological polar surface area (TPSA) is 67.7 Å². The molecule has 4 aromatic rings. The number of nitrogens with zero attached hydrogens (tertiary/aromatic N) is 4. The normalized spacial score (nSPS) is 16.1. The number of halogens is 1. The third-order valence-corrected chi connectivity index (χ3v) is 7.88. The highest BCUT2D eigenvalue weighted by Gasteiger charge is 2.36. The van der Waals surface area contributed by atoms with Crippen molar-refractivity contribution in [3.63, 3.8) is 0 Å². The molecule has 1 fully saturated rings. The Morgan fingerprint density at radius 3 is 2.67 bits per heavy atom. The van der Waals surface area contributed by atoms with Crippen molar-refractivity contribution in [3.05, 3.63) is 88.7 Å². The van der Waals surface area contributed by atoms with Gasteiger partial charge in [-0.15, -0.1) is 0 Å². The fraction of sp³-hybridized carbons (Fsp3) is 0.344. The zero-order chi connectivity index (χ0) is 28.4. The molecule has 1 aliphatic rings. The number of aromatic nitrogens is 2. The number of para-hydroxylation sites is 3. The lowest BCUT2D eigenvalue weighted by molar-refractivity contribution is -0.120. The monoisotopic (exact) mass is 558 g/mol. The summed E-state index contributed by atoms with van der Waals surface area (Å²) in [6.07, 6.45) is 1.12. The molecule has 2 heterocycles. The molecule has 0 radical (unpaired) electrons. The summed E-state index contributed by atoms with van der Waals surface area (Å²) < 4.78 is 7.48. The lowest BCUT2D eigenvalue weighted by Crippen LogP contribution is -2.44. The Bertz CT molecular complexity index is 1550. The van der Waals surface area contributed by atoms with E-state index in [1.54, 1.807) is 24.1 Å². The molecule has 1 aromatic heterocycles. The maximum absolute atomic E-state index is 14.3. The summed E-state index contributed by atoms with van der Waals surface area (Å²) in [6.45, 7) is 7.14. The van der Waals surface area contributed by atoms with Gasteiger partial charge in [0.15, 0.2) is 0 Å². The van der Waals surface area contributed by atoms with Crippen molar-refractivity contribution in [2.45, 2.75) is 52.1 Å². The van der Waals surface area contributed by atoms with Gasteiger partial charge in [0.25, 0.3) is 0 Å². The highest BCUT2D eigenvalue weighted by atomic mass is 35.5. The maximum atomic E-state index is 14.3. The quantitative estimate of drug-likeness (QED) is 0.247. The molecule has 2 amide bonds. The van der Waals surface area contributed by atoms with E-state index >= 15 is 0 Å². The third kappa shape index (κ3) is 5.36. The van der Waals surface area contributed by atoms with E-state index in [0.29, 0.717) is 24.6 Å². The summed E-state index contributed by atoms with van der Waals surface area (Å²) in [5.74, 6) is 0.544. The summed E-state index contributed by atoms with van der Waals surface area (Å²) in [4.78, 5) is 36.0. The number of carbonyl (C=O) groups excluding carboxylic acids is 2. The van der Waals surface area contributed by atoms with Gasteiger partial charge in [-0.25, -0.2) is 4.98 Å². The van der Waals surface area contributed by atoms with Gasteiger partial charge in [-0.05, 0) is 61.7 Å². The van der Waals surface area contributed by atoms with Crippen LogP contribution in [0.15, 0.2) is 66.7 Å². The fourth-order valence-corrected chi connectivity index (χ4v) is 6.00. The number of fused-ring (bicyclic) bond motifs is 1. The van der Waals surface area contributed by atoms with Crippen LogP contribution in [0.25, 0.3) is 11.0 Å². The minimum atomic E-state index is -0.173. The van der Waals surface area contributed by atoms with E-state index in [4.69, 9.17) is 21.3 Å². The number of ether oxygens (including phenoxy) is 1. The summed E-state index contributed by atoms with van der Waals surface area (Å²) >= 11 is 6.22. The van der Waals surface area contributed by atoms with Gasteiger partial charge in [0.05, 0.1) is 29.4 Å². The molecular weight excluding hydrogens is 524 g/mol. The highest BCUT2D eigenvalue weighted by Crippen LogP contribution is 2.35. The van der Waals surface area contributed by atoms with Crippen LogP contribution in [0.2, 0.25) is 5.02 Å². The molecule has 2 atom stereocenters. The molecule has 0 N–H and O–H groups in total. The van der Waals surface area contributed by atoms with E-state index in [1.165, 1.54) is 0 Å². The fourth-order valence-electron chi connectivity index (χ4n) is 5.81. The molecule has 7 nitrogen and oxygen atoms in total. The lowest BCUT2D eigenvalue weighted by atomic mass is 10.0. The van der Waals surface area contributed by atoms with Crippen molar-refractivity contribution in [1.82, 2.24) is 9.55 Å². The molecule has 8 heteroatoms. The predicted molar refractivity (Wildman–Crippen MR) is 160 cm³/mol. The van der Waals surface area contributed by atoms with E-state index in [2.05, 4.69) is 13.0 Å². The van der Waals surface area contributed by atoms with Gasteiger partial charge < -0.3 is 19.1 Å². The van der Waals surface area contributed by atoms with Gasteiger partial charge in [0, 0.05) is 36.7 Å². The molecule has 1 saturated heterocycles. The molecule has 3 aromatic carbocycles. The van der Waals surface area contributed by atoms with Crippen LogP contribution in [0.4, 0.5) is 11.4 Å². The molecule has 0 aliphatic carbocycles. The molecular formula is C32H35ClN4O3. The molecule has 1 aliphatic heterocycles. The smallest absolute Gasteiger partial charge is 0.247 e. The van der Waals surface area contributed by atoms with Gasteiger partial charge in [-0.2, -0.15) is 0 Å². The average molecular weight is 559 g/mol. The van der Waals surface area contributed by atoms with Gasteiger partial charge in [-0.3, -0.25) is 9.59 Å². The van der Waals surface area contributed by atoms with E-state index in [1.807, 2.05) is 71.8 Å². The maximum Gasteiger partial charge on any atom is 0.247 e. The Morgan fingerprint density at radius 1 is 1.15 bits per heavy atom. The summed E-state index contributed by atoms with van der Waals surface area (Å²) in [5.41, 5.74) is 5.55. The summed E-state index contributed by atoms with van der Waals surface area (Å²) in [5, 5.41) is 0.583. The summed E-state index contributed by atoms with van der Waals surface area (Å²) in [6, 6.07) is 21.1. The van der Waals surface area contributed by atoms with E-state index in [0.717, 1.165) is 45.8 Å². The first kappa shape index (κ1) is 27.9. The van der Waals surface area contributed by atoms with Crippen LogP contribution in [-0.4, -0.2) is 47.7 Å². The second kappa shape index (κ2) is 11.8. The van der Waals surface area contributed by atoms with Crippen LogP contribution in [0.5, 0.6) is 0 Å². The molecule has 40 heavy (non-hydrogen) atoms. The number of hydrogen-bond acceptors (Lipinski definition) is 4. The highest BCUT2D eigenvalue weighted by molar-refractivity contribution is 6.31. The first-order valence-electron chi connectivity index (χ1n) is 13.7. The van der Waals surface area contributed by atoms with E-state index < -0.39 is 0 Å². The number of methoxy groups -OCH3 is 1. The van der Waals surface area contributed by atoms with Crippen molar-refractivity contribution in [2.24, 2.45) is 0 Å². The number of amides is 2. The molecule has 0 spiro atoms. The second-order valence-electron chi connectivity index (χ2n) is 10.4. The van der Waals surface area contributed by atoms with Crippen LogP contribution >= 0.6 is 11.6 Å². The van der Waals surface area contributed by atoms with Crippen LogP contribution in [0.3, 0.4) is 0 Å². The van der Waals surface area contributed by atoms with E-state index in [-0.39, 0.29) is 30.3 Å². The second-order valence-corrected chi connectivity index (χ2v) is 10.9. The van der Waals surface area contributed by atoms with Crippen molar-refractivity contribution < 1.29 is 14.3 Å². The number of hydrogen-bond donors (Lipinski definition) is 0. The number of aryl methyl sites for hydroxylation is 2. The van der Waals surface area contributed by atoms with Crippen LogP contribution in [0, 0.1) is 6.92 Å². The van der Waals surface area contributed by atoms with Gasteiger partial charge >= 0.3 is 0 Å². The Balaban J connectivity index is 1.53. The third-order valence-electron chi connectivity index (χ3n) is 7.65. The largest absolute Gasteiger partial charge is 0.383 e. The molecule has 5 rings (SSSR count). The van der Waals surface area contributed by atoms with Crippen molar-refractivity contribution in [3.8, 4) is 0 Å². The standard InChI is InChI=1S/C32H35ClN4O3/c1-5-23-11-8-10-21(2)31(23)37(22(3)20-40-4)30(39)19-36-28-15-7-6-14-27(28)34-32(36)24-16-29(38)35(18-24)26-13-9-12-25(33)17-26/h6-15,17,22,24H,5,16,18-20H2,1-4H3. The zero-order valence-electron chi connectivity index (χ0n) is 23.4. The van der Waals surface area contributed by atoms with Gasteiger partial charge in [0.2, 0.25) is 11.8 Å². The number of imidazole rings is 1. The minimum Gasteiger partial charge on any atom is -0.383 e.